The number of benzene rings is 1. The molecule has 1 aromatic carbocycles. The van der Waals surface area contributed by atoms with Crippen LogP contribution in [0.25, 0.3) is 0 Å². The zero-order chi connectivity index (χ0) is 17.5. The van der Waals surface area contributed by atoms with E-state index in [1.165, 1.54) is 0 Å². The molecule has 0 bridgehead atoms. The van der Waals surface area contributed by atoms with Gasteiger partial charge in [-0.2, -0.15) is 0 Å². The molecule has 2 N–H and O–H groups in total. The topological polar surface area (TPSA) is 71.1 Å². The van der Waals surface area contributed by atoms with E-state index in [0.717, 1.165) is 21.0 Å². The van der Waals surface area contributed by atoms with Gasteiger partial charge in [0.15, 0.2) is 0 Å². The highest BCUT2D eigenvalue weighted by molar-refractivity contribution is 7.11. The van der Waals surface area contributed by atoms with E-state index in [0.29, 0.717) is 18.7 Å². The van der Waals surface area contributed by atoms with Gasteiger partial charge in [-0.15, -0.1) is 11.3 Å². The van der Waals surface area contributed by atoms with Crippen LogP contribution < -0.4 is 10.6 Å². The molecule has 0 fully saturated rings. The molecule has 1 heterocycles. The first-order valence-electron chi connectivity index (χ1n) is 7.65. The number of carbonyl (C=O) groups excluding carboxylic acids is 2. The van der Waals surface area contributed by atoms with Gasteiger partial charge in [-0.1, -0.05) is 17.7 Å². The van der Waals surface area contributed by atoms with Crippen molar-refractivity contribution in [2.75, 3.05) is 0 Å². The summed E-state index contributed by atoms with van der Waals surface area (Å²) in [5, 5.41) is 6.67. The summed E-state index contributed by atoms with van der Waals surface area (Å²) in [6.07, 6.45) is 3.33. The third-order valence-corrected chi connectivity index (χ3v) is 4.11. The molecule has 0 spiro atoms. The summed E-state index contributed by atoms with van der Waals surface area (Å²) >= 11 is 1.57. The Balaban J connectivity index is 1.85. The monoisotopic (exact) mass is 343 g/mol. The summed E-state index contributed by atoms with van der Waals surface area (Å²) < 4.78 is 0. The van der Waals surface area contributed by atoms with E-state index < -0.39 is 0 Å². The van der Waals surface area contributed by atoms with Crippen molar-refractivity contribution in [2.24, 2.45) is 0 Å². The van der Waals surface area contributed by atoms with Crippen LogP contribution in [0.5, 0.6) is 0 Å². The number of nitrogens with zero attached hydrogens (tertiary/aromatic N) is 1. The number of hydrogen-bond donors (Lipinski definition) is 2. The number of thiazole rings is 1. The average Bonchev–Trinajstić information content (AvgIpc) is 2.96. The van der Waals surface area contributed by atoms with Crippen LogP contribution in [0, 0.1) is 6.92 Å². The summed E-state index contributed by atoms with van der Waals surface area (Å²) in [7, 11) is 0. The maximum absolute atomic E-state index is 12.1. The fraction of sp³-hybridized carbons (Fsp3) is 0.278. The Hall–Kier alpha value is -2.47. The third-order valence-electron chi connectivity index (χ3n) is 3.19. The lowest BCUT2D eigenvalue weighted by Gasteiger charge is -2.06. The Labute approximate surface area is 145 Å². The lowest BCUT2D eigenvalue weighted by atomic mass is 10.1. The number of aromatic nitrogens is 1. The minimum atomic E-state index is -0.124. The molecule has 5 nitrogen and oxygen atoms in total. The van der Waals surface area contributed by atoms with Crippen LogP contribution in [0.15, 0.2) is 42.1 Å². The second-order valence-corrected chi connectivity index (χ2v) is 6.98. The van der Waals surface area contributed by atoms with Crippen molar-refractivity contribution in [1.29, 1.82) is 0 Å². The molecule has 0 aliphatic heterocycles. The molecule has 2 rings (SSSR count). The van der Waals surface area contributed by atoms with Gasteiger partial charge in [0, 0.05) is 29.3 Å². The number of aryl methyl sites for hydroxylation is 1. The second kappa shape index (κ2) is 8.40. The Morgan fingerprint density at radius 3 is 2.42 bits per heavy atom. The Morgan fingerprint density at radius 2 is 1.83 bits per heavy atom. The van der Waals surface area contributed by atoms with E-state index in [4.69, 9.17) is 0 Å². The molecule has 0 aliphatic carbocycles. The fourth-order valence-electron chi connectivity index (χ4n) is 2.03. The first kappa shape index (κ1) is 17.9. The molecule has 2 amide bonds. The lowest BCUT2D eigenvalue weighted by molar-refractivity contribution is -0.116. The van der Waals surface area contributed by atoms with E-state index in [9.17, 15) is 9.59 Å². The number of carbonyl (C=O) groups is 2. The molecule has 1 aromatic heterocycles. The molecule has 6 heteroatoms. The van der Waals surface area contributed by atoms with Crippen molar-refractivity contribution in [3.8, 4) is 0 Å². The molecule has 0 radical (unpaired) electrons. The van der Waals surface area contributed by atoms with Crippen molar-refractivity contribution in [1.82, 2.24) is 15.6 Å². The Morgan fingerprint density at radius 1 is 1.12 bits per heavy atom. The highest BCUT2D eigenvalue weighted by Crippen LogP contribution is 2.11. The predicted molar refractivity (Wildman–Crippen MR) is 95.7 cm³/mol. The van der Waals surface area contributed by atoms with Gasteiger partial charge in [-0.3, -0.25) is 9.59 Å². The van der Waals surface area contributed by atoms with Gasteiger partial charge >= 0.3 is 0 Å². The highest BCUT2D eigenvalue weighted by atomic mass is 32.1. The average molecular weight is 343 g/mol. The summed E-state index contributed by atoms with van der Waals surface area (Å²) in [5.41, 5.74) is 2.49. The normalized spacial score (nSPS) is 10.1. The van der Waals surface area contributed by atoms with Gasteiger partial charge in [0.05, 0.1) is 11.6 Å². The Kier molecular flexibility index (Phi) is 6.26. The quantitative estimate of drug-likeness (QED) is 0.792. The van der Waals surface area contributed by atoms with Crippen molar-refractivity contribution in [3.63, 3.8) is 0 Å². The minimum Gasteiger partial charge on any atom is -0.348 e. The number of rotatable bonds is 6. The smallest absolute Gasteiger partial charge is 0.251 e. The van der Waals surface area contributed by atoms with Gasteiger partial charge in [-0.05, 0) is 38.5 Å². The van der Waals surface area contributed by atoms with Crippen molar-refractivity contribution < 1.29 is 9.59 Å². The molecule has 0 saturated heterocycles. The number of hydrogen-bond acceptors (Lipinski definition) is 4. The summed E-state index contributed by atoms with van der Waals surface area (Å²) in [6.45, 7) is 6.60. The highest BCUT2D eigenvalue weighted by Gasteiger charge is 2.06. The fourth-order valence-corrected chi connectivity index (χ4v) is 2.77. The van der Waals surface area contributed by atoms with E-state index in [1.54, 1.807) is 35.7 Å². The van der Waals surface area contributed by atoms with Crippen LogP contribution in [0.3, 0.4) is 0 Å². The molecule has 2 aromatic rings. The lowest BCUT2D eigenvalue weighted by Crippen LogP contribution is -2.23. The van der Waals surface area contributed by atoms with Crippen LogP contribution in [0.1, 0.15) is 39.7 Å². The minimum absolute atomic E-state index is 0.114. The third kappa shape index (κ3) is 5.62. The van der Waals surface area contributed by atoms with Crippen molar-refractivity contribution in [2.45, 2.75) is 33.9 Å². The largest absolute Gasteiger partial charge is 0.348 e. The van der Waals surface area contributed by atoms with Gasteiger partial charge in [-0.25, -0.2) is 4.98 Å². The first-order chi connectivity index (χ1) is 11.4. The Bertz CT molecular complexity index is 744. The molecule has 0 saturated carbocycles. The van der Waals surface area contributed by atoms with E-state index in [2.05, 4.69) is 15.6 Å². The van der Waals surface area contributed by atoms with Crippen LogP contribution >= 0.6 is 11.3 Å². The van der Waals surface area contributed by atoms with E-state index >= 15 is 0 Å². The number of nitrogens with one attached hydrogen (secondary N) is 2. The molecule has 126 valence electrons. The first-order valence-corrected chi connectivity index (χ1v) is 8.47. The van der Waals surface area contributed by atoms with E-state index in [-0.39, 0.29) is 11.8 Å². The van der Waals surface area contributed by atoms with Crippen LogP contribution in [-0.4, -0.2) is 16.8 Å². The molecular weight excluding hydrogens is 322 g/mol. The molecule has 24 heavy (non-hydrogen) atoms. The molecule has 0 aliphatic rings. The second-order valence-electron chi connectivity index (χ2n) is 5.66. The van der Waals surface area contributed by atoms with Gasteiger partial charge in [0.25, 0.3) is 5.91 Å². The van der Waals surface area contributed by atoms with Crippen molar-refractivity contribution >= 4 is 23.2 Å². The summed E-state index contributed by atoms with van der Waals surface area (Å²) in [4.78, 5) is 28.9. The zero-order valence-electron chi connectivity index (χ0n) is 14.1. The summed E-state index contributed by atoms with van der Waals surface area (Å²) in [5.74, 6) is -0.238. The maximum atomic E-state index is 12.1. The van der Waals surface area contributed by atoms with Gasteiger partial charge in [0.2, 0.25) is 5.91 Å². The van der Waals surface area contributed by atoms with Gasteiger partial charge in [0.1, 0.15) is 0 Å². The van der Waals surface area contributed by atoms with Crippen molar-refractivity contribution in [3.05, 3.63) is 63.1 Å². The standard InChI is InChI=1S/C18H21N3O2S/c1-12(2)8-17(22)20-9-14-4-6-15(7-5-14)18(23)21-11-16-10-19-13(3)24-16/h4-8,10H,9,11H2,1-3H3,(H,20,22)(H,21,23). The summed E-state index contributed by atoms with van der Waals surface area (Å²) in [6, 6.07) is 7.20. The number of amides is 2. The molecule has 0 atom stereocenters. The zero-order valence-corrected chi connectivity index (χ0v) is 14.9. The van der Waals surface area contributed by atoms with E-state index in [1.807, 2.05) is 32.9 Å². The molecule has 0 unspecified atom stereocenters. The van der Waals surface area contributed by atoms with Crippen LogP contribution in [0.4, 0.5) is 0 Å². The van der Waals surface area contributed by atoms with Crippen LogP contribution in [-0.2, 0) is 17.9 Å². The van der Waals surface area contributed by atoms with Gasteiger partial charge < -0.3 is 10.6 Å². The SMILES string of the molecule is CC(C)=CC(=O)NCc1ccc(C(=O)NCc2cnc(C)s2)cc1. The predicted octanol–water partition coefficient (Wildman–Crippen LogP) is 2.96. The number of allylic oxidation sites excluding steroid dienone is 1. The maximum Gasteiger partial charge on any atom is 0.251 e. The molecular formula is C18H21N3O2S. The van der Waals surface area contributed by atoms with Crippen LogP contribution in [0.2, 0.25) is 0 Å².